The lowest BCUT2D eigenvalue weighted by atomic mass is 10.1. The van der Waals surface area contributed by atoms with Crippen LogP contribution in [0.4, 0.5) is 5.13 Å². The maximum absolute atomic E-state index is 13.1. The van der Waals surface area contributed by atoms with E-state index in [0.29, 0.717) is 41.4 Å². The van der Waals surface area contributed by atoms with Gasteiger partial charge in [0.15, 0.2) is 16.5 Å². The van der Waals surface area contributed by atoms with E-state index in [4.69, 9.17) is 9.15 Å². The van der Waals surface area contributed by atoms with Crippen molar-refractivity contribution >= 4 is 39.3 Å². The van der Waals surface area contributed by atoms with Crippen molar-refractivity contribution in [1.82, 2.24) is 9.88 Å². The number of para-hydroxylation sites is 1. The van der Waals surface area contributed by atoms with Crippen LogP contribution >= 0.6 is 11.3 Å². The minimum atomic E-state index is -0.690. The maximum atomic E-state index is 13.1. The molecule has 2 aliphatic rings. The normalized spacial score (nSPS) is 15.7. The number of anilines is 1. The van der Waals surface area contributed by atoms with Crippen molar-refractivity contribution in [3.63, 3.8) is 0 Å². The Hall–Kier alpha value is -3.20. The number of ether oxygens (including phenoxy) is 1. The van der Waals surface area contributed by atoms with Crippen molar-refractivity contribution in [2.45, 2.75) is 25.8 Å². The lowest BCUT2D eigenvalue weighted by molar-refractivity contribution is -0.117. The molecule has 1 aromatic carbocycles. The number of hydrogen-bond acceptors (Lipinski definition) is 7. The van der Waals surface area contributed by atoms with Gasteiger partial charge in [0.25, 0.3) is 5.91 Å². The van der Waals surface area contributed by atoms with Crippen molar-refractivity contribution in [3.05, 3.63) is 50.8 Å². The van der Waals surface area contributed by atoms with Crippen LogP contribution in [0.25, 0.3) is 11.0 Å². The van der Waals surface area contributed by atoms with Crippen LogP contribution in [0.3, 0.4) is 0 Å². The molecule has 9 heteroatoms. The Morgan fingerprint density at radius 3 is 2.93 bits per heavy atom. The summed E-state index contributed by atoms with van der Waals surface area (Å²) in [5, 5.41) is 4.06. The zero-order chi connectivity index (χ0) is 20.8. The van der Waals surface area contributed by atoms with Gasteiger partial charge in [-0.3, -0.25) is 9.59 Å². The molecule has 0 bridgehead atoms. The Morgan fingerprint density at radius 2 is 2.17 bits per heavy atom. The predicted molar refractivity (Wildman–Crippen MR) is 111 cm³/mol. The maximum Gasteiger partial charge on any atom is 0.349 e. The second-order valence-electron chi connectivity index (χ2n) is 7.46. The molecule has 0 unspecified atom stereocenters. The van der Waals surface area contributed by atoms with Gasteiger partial charge in [0, 0.05) is 29.1 Å². The van der Waals surface area contributed by atoms with E-state index in [0.717, 1.165) is 23.4 Å². The van der Waals surface area contributed by atoms with Crippen molar-refractivity contribution in [3.8, 4) is 5.75 Å². The van der Waals surface area contributed by atoms with Gasteiger partial charge >= 0.3 is 5.63 Å². The molecule has 0 spiro atoms. The molecule has 0 saturated heterocycles. The van der Waals surface area contributed by atoms with E-state index < -0.39 is 5.63 Å². The first-order valence-electron chi connectivity index (χ1n) is 9.73. The van der Waals surface area contributed by atoms with Crippen molar-refractivity contribution < 1.29 is 18.7 Å². The van der Waals surface area contributed by atoms with Gasteiger partial charge in [0.05, 0.1) is 19.3 Å². The molecular formula is C21H19N3O5S. The average molecular weight is 425 g/mol. The van der Waals surface area contributed by atoms with Crippen molar-refractivity contribution in [1.29, 1.82) is 0 Å². The predicted octanol–water partition coefficient (Wildman–Crippen LogP) is 2.81. The van der Waals surface area contributed by atoms with Gasteiger partial charge in [0.2, 0.25) is 5.91 Å². The van der Waals surface area contributed by atoms with Gasteiger partial charge in [0.1, 0.15) is 5.56 Å². The molecule has 1 N–H and O–H groups in total. The molecule has 1 saturated carbocycles. The summed E-state index contributed by atoms with van der Waals surface area (Å²) < 4.78 is 10.6. The third-order valence-corrected chi connectivity index (χ3v) is 6.37. The first-order chi connectivity index (χ1) is 14.5. The van der Waals surface area contributed by atoms with Gasteiger partial charge in [-0.15, -0.1) is 0 Å². The molecule has 0 radical (unpaired) electrons. The molecule has 5 rings (SSSR count). The van der Waals surface area contributed by atoms with E-state index in [1.165, 1.54) is 18.4 Å². The highest BCUT2D eigenvalue weighted by Crippen LogP contribution is 2.33. The summed E-state index contributed by atoms with van der Waals surface area (Å²) in [6.45, 7) is 0.794. The van der Waals surface area contributed by atoms with E-state index in [2.05, 4.69) is 10.3 Å². The van der Waals surface area contributed by atoms with E-state index in [-0.39, 0.29) is 23.3 Å². The number of methoxy groups -OCH3 is 1. The fourth-order valence-corrected chi connectivity index (χ4v) is 4.60. The monoisotopic (exact) mass is 425 g/mol. The first kappa shape index (κ1) is 18.8. The molecular weight excluding hydrogens is 406 g/mol. The molecule has 3 aromatic rings. The Kier molecular flexibility index (Phi) is 4.54. The molecule has 154 valence electrons. The fourth-order valence-electron chi connectivity index (χ4n) is 3.57. The van der Waals surface area contributed by atoms with Crippen LogP contribution in [-0.4, -0.2) is 35.4 Å². The summed E-state index contributed by atoms with van der Waals surface area (Å²) in [6, 6.07) is 6.79. The number of rotatable bonds is 4. The van der Waals surface area contributed by atoms with Gasteiger partial charge in [-0.1, -0.05) is 23.5 Å². The van der Waals surface area contributed by atoms with Crippen LogP contribution < -0.4 is 15.7 Å². The zero-order valence-corrected chi connectivity index (χ0v) is 17.1. The van der Waals surface area contributed by atoms with Gasteiger partial charge in [-0.05, 0) is 25.0 Å². The Bertz CT molecular complexity index is 1230. The number of nitrogens with one attached hydrogen (secondary N) is 1. The Morgan fingerprint density at radius 1 is 1.33 bits per heavy atom. The number of thiazole rings is 1. The molecule has 2 aromatic heterocycles. The summed E-state index contributed by atoms with van der Waals surface area (Å²) in [5.41, 5.74) is 0.516. The molecule has 2 amide bonds. The minimum absolute atomic E-state index is 0.00835. The van der Waals surface area contributed by atoms with Crippen LogP contribution in [0.2, 0.25) is 0 Å². The fraction of sp³-hybridized carbons (Fsp3) is 0.333. The molecule has 1 aliphatic carbocycles. The number of hydrogen-bond donors (Lipinski definition) is 1. The SMILES string of the molecule is COc1cccc2cc(C(=O)N3CCc4nc(NC(=O)C5CC5)sc4C3)c(=O)oc12. The van der Waals surface area contributed by atoms with Crippen molar-refractivity contribution in [2.24, 2.45) is 5.92 Å². The zero-order valence-electron chi connectivity index (χ0n) is 16.3. The number of carbonyl (C=O) groups excluding carboxylic acids is 2. The largest absolute Gasteiger partial charge is 0.493 e. The highest BCUT2D eigenvalue weighted by atomic mass is 32.1. The second kappa shape index (κ2) is 7.24. The summed E-state index contributed by atoms with van der Waals surface area (Å²) in [6.07, 6.45) is 2.43. The number of amides is 2. The summed E-state index contributed by atoms with van der Waals surface area (Å²) in [7, 11) is 1.50. The molecule has 1 fully saturated rings. The standard InChI is InChI=1S/C21H19N3O5S/c1-28-15-4-2-3-12-9-13(20(27)29-17(12)15)19(26)24-8-7-14-16(10-24)30-21(22-14)23-18(25)11-5-6-11/h2-4,9,11H,5-8,10H2,1H3,(H,22,23,25). The number of fused-ring (bicyclic) bond motifs is 2. The van der Waals surface area contributed by atoms with Gasteiger partial charge in [-0.25, -0.2) is 9.78 Å². The van der Waals surface area contributed by atoms with Crippen molar-refractivity contribution in [2.75, 3.05) is 19.0 Å². The van der Waals surface area contributed by atoms with Crippen LogP contribution in [0.15, 0.2) is 33.5 Å². The third-order valence-electron chi connectivity index (χ3n) is 5.37. The van der Waals surface area contributed by atoms with E-state index in [1.54, 1.807) is 29.2 Å². The molecule has 0 atom stereocenters. The number of benzene rings is 1. The molecule has 8 nitrogen and oxygen atoms in total. The van der Waals surface area contributed by atoms with Crippen LogP contribution in [0.5, 0.6) is 5.75 Å². The Balaban J connectivity index is 1.38. The lowest BCUT2D eigenvalue weighted by Crippen LogP contribution is -2.37. The van der Waals surface area contributed by atoms with Crippen LogP contribution in [0, 0.1) is 5.92 Å². The first-order valence-corrected chi connectivity index (χ1v) is 10.5. The highest BCUT2D eigenvalue weighted by molar-refractivity contribution is 7.15. The topological polar surface area (TPSA) is 102 Å². The molecule has 30 heavy (non-hydrogen) atoms. The van der Waals surface area contributed by atoms with Crippen LogP contribution in [0.1, 0.15) is 33.8 Å². The smallest absolute Gasteiger partial charge is 0.349 e. The number of aromatic nitrogens is 1. The second-order valence-corrected chi connectivity index (χ2v) is 8.54. The average Bonchev–Trinajstić information content (AvgIpc) is 3.52. The third kappa shape index (κ3) is 3.35. The highest BCUT2D eigenvalue weighted by Gasteiger charge is 2.31. The summed E-state index contributed by atoms with van der Waals surface area (Å²) in [4.78, 5) is 44.6. The summed E-state index contributed by atoms with van der Waals surface area (Å²) in [5.74, 6) is 0.181. The number of nitrogens with zero attached hydrogens (tertiary/aromatic N) is 2. The van der Waals surface area contributed by atoms with E-state index >= 15 is 0 Å². The van der Waals surface area contributed by atoms with E-state index in [9.17, 15) is 14.4 Å². The minimum Gasteiger partial charge on any atom is -0.493 e. The lowest BCUT2D eigenvalue weighted by Gasteiger charge is -2.25. The van der Waals surface area contributed by atoms with Gasteiger partial charge in [-0.2, -0.15) is 0 Å². The number of carbonyl (C=O) groups is 2. The molecule has 3 heterocycles. The quantitative estimate of drug-likeness (QED) is 0.645. The van der Waals surface area contributed by atoms with Gasteiger partial charge < -0.3 is 19.4 Å². The van der Waals surface area contributed by atoms with E-state index in [1.807, 2.05) is 0 Å². The molecule has 1 aliphatic heterocycles. The summed E-state index contributed by atoms with van der Waals surface area (Å²) >= 11 is 1.38. The van der Waals surface area contributed by atoms with Crippen LogP contribution in [-0.2, 0) is 17.8 Å². The Labute approximate surface area is 175 Å².